The first-order valence-corrected chi connectivity index (χ1v) is 11.6. The van der Waals surface area contributed by atoms with Crippen molar-refractivity contribution in [2.75, 3.05) is 17.7 Å². The Morgan fingerprint density at radius 2 is 1.85 bits per heavy atom. The van der Waals surface area contributed by atoms with Crippen molar-refractivity contribution >= 4 is 46.6 Å². The third kappa shape index (κ3) is 6.27. The molecule has 0 aliphatic carbocycles. The molecular weight excluding hydrogens is 463 g/mol. The molecule has 0 aliphatic rings. The monoisotopic (exact) mass is 486 g/mol. The number of thioether (sulfide) groups is 1. The van der Waals surface area contributed by atoms with Crippen LogP contribution in [0.3, 0.4) is 0 Å². The van der Waals surface area contributed by atoms with Crippen molar-refractivity contribution in [2.24, 2.45) is 0 Å². The van der Waals surface area contributed by atoms with Gasteiger partial charge in [0.15, 0.2) is 0 Å². The van der Waals surface area contributed by atoms with Crippen LogP contribution in [0.15, 0.2) is 65.6 Å². The summed E-state index contributed by atoms with van der Waals surface area (Å²) in [7, 11) is 1.52. The van der Waals surface area contributed by atoms with E-state index in [-0.39, 0.29) is 16.7 Å². The molecule has 3 aromatic carbocycles. The zero-order valence-electron chi connectivity index (χ0n) is 18.4. The lowest BCUT2D eigenvalue weighted by Gasteiger charge is -2.17. The topological polar surface area (TPSA) is 67.4 Å². The van der Waals surface area contributed by atoms with E-state index in [1.165, 1.54) is 37.1 Å². The highest BCUT2D eigenvalue weighted by Gasteiger charge is 2.20. The number of ether oxygens (including phenoxy) is 1. The van der Waals surface area contributed by atoms with Gasteiger partial charge in [-0.1, -0.05) is 36.7 Å². The highest BCUT2D eigenvalue weighted by molar-refractivity contribution is 8.00. The molecule has 3 aromatic rings. The molecule has 0 saturated carbocycles. The van der Waals surface area contributed by atoms with Crippen molar-refractivity contribution in [3.63, 3.8) is 0 Å². The van der Waals surface area contributed by atoms with E-state index in [4.69, 9.17) is 16.3 Å². The molecular formula is C25H24ClFN2O3S. The SMILES string of the molecule is CCC(Sc1cccc(NC(=O)c2ccccc2F)c1)C(=O)Nc1cc(C)c(Cl)cc1OC. The summed E-state index contributed by atoms with van der Waals surface area (Å²) < 4.78 is 19.2. The van der Waals surface area contributed by atoms with Gasteiger partial charge >= 0.3 is 0 Å². The van der Waals surface area contributed by atoms with Crippen molar-refractivity contribution in [3.8, 4) is 5.75 Å². The number of amides is 2. The number of rotatable bonds is 8. The Morgan fingerprint density at radius 3 is 2.55 bits per heavy atom. The molecule has 33 heavy (non-hydrogen) atoms. The maximum Gasteiger partial charge on any atom is 0.258 e. The summed E-state index contributed by atoms with van der Waals surface area (Å²) in [6.45, 7) is 3.77. The summed E-state index contributed by atoms with van der Waals surface area (Å²) in [4.78, 5) is 26.2. The van der Waals surface area contributed by atoms with Gasteiger partial charge in [-0.05, 0) is 55.3 Å². The van der Waals surface area contributed by atoms with Gasteiger partial charge in [0.25, 0.3) is 5.91 Å². The van der Waals surface area contributed by atoms with Crippen molar-refractivity contribution < 1.29 is 18.7 Å². The quantitative estimate of drug-likeness (QED) is 0.354. The molecule has 0 bridgehead atoms. The van der Waals surface area contributed by atoms with Crippen LogP contribution in [0.5, 0.6) is 5.75 Å². The molecule has 172 valence electrons. The highest BCUT2D eigenvalue weighted by atomic mass is 35.5. The van der Waals surface area contributed by atoms with Crippen LogP contribution in [0.25, 0.3) is 0 Å². The van der Waals surface area contributed by atoms with Crippen LogP contribution in [-0.4, -0.2) is 24.2 Å². The van der Waals surface area contributed by atoms with Gasteiger partial charge in [0, 0.05) is 21.7 Å². The molecule has 8 heteroatoms. The number of carbonyl (C=O) groups excluding carboxylic acids is 2. The minimum Gasteiger partial charge on any atom is -0.495 e. The van der Waals surface area contributed by atoms with Gasteiger partial charge < -0.3 is 15.4 Å². The molecule has 0 radical (unpaired) electrons. The highest BCUT2D eigenvalue weighted by Crippen LogP contribution is 2.33. The van der Waals surface area contributed by atoms with Crippen LogP contribution < -0.4 is 15.4 Å². The van der Waals surface area contributed by atoms with E-state index in [2.05, 4.69) is 10.6 Å². The summed E-state index contributed by atoms with van der Waals surface area (Å²) in [6.07, 6.45) is 0.581. The van der Waals surface area contributed by atoms with Crippen molar-refractivity contribution in [3.05, 3.63) is 82.6 Å². The normalized spacial score (nSPS) is 11.5. The fourth-order valence-corrected chi connectivity index (χ4v) is 4.29. The predicted molar refractivity (Wildman–Crippen MR) is 132 cm³/mol. The third-order valence-electron chi connectivity index (χ3n) is 4.89. The first-order valence-electron chi connectivity index (χ1n) is 10.3. The summed E-state index contributed by atoms with van der Waals surface area (Å²) in [5.74, 6) is -0.818. The lowest BCUT2D eigenvalue weighted by atomic mass is 10.2. The van der Waals surface area contributed by atoms with E-state index in [0.29, 0.717) is 28.6 Å². The largest absolute Gasteiger partial charge is 0.495 e. The van der Waals surface area contributed by atoms with Gasteiger partial charge in [-0.25, -0.2) is 4.39 Å². The molecule has 0 spiro atoms. The molecule has 1 atom stereocenters. The number of halogens is 2. The first kappa shape index (κ1) is 24.6. The number of methoxy groups -OCH3 is 1. The zero-order valence-corrected chi connectivity index (χ0v) is 20.0. The Hall–Kier alpha value is -3.03. The second-order valence-electron chi connectivity index (χ2n) is 7.27. The van der Waals surface area contributed by atoms with Gasteiger partial charge in [-0.15, -0.1) is 11.8 Å². The Morgan fingerprint density at radius 1 is 1.09 bits per heavy atom. The minimum absolute atomic E-state index is 0.0337. The van der Waals surface area contributed by atoms with Crippen LogP contribution in [0, 0.1) is 12.7 Å². The zero-order chi connectivity index (χ0) is 24.0. The lowest BCUT2D eigenvalue weighted by Crippen LogP contribution is -2.24. The Bertz CT molecular complexity index is 1170. The maximum atomic E-state index is 13.9. The standard InChI is InChI=1S/C25H24ClFN2O3S/c1-4-23(25(31)29-21-12-15(2)19(26)14-22(21)32-3)33-17-9-7-8-16(13-17)28-24(30)18-10-5-6-11-20(18)27/h5-14,23H,4H2,1-3H3,(H,28,30)(H,29,31). The van der Waals surface area contributed by atoms with Gasteiger partial charge in [-0.3, -0.25) is 9.59 Å². The number of aryl methyl sites for hydroxylation is 1. The molecule has 0 aliphatic heterocycles. The summed E-state index contributed by atoms with van der Waals surface area (Å²) in [5, 5.41) is 5.80. The smallest absolute Gasteiger partial charge is 0.258 e. The summed E-state index contributed by atoms with van der Waals surface area (Å²) in [6, 6.07) is 16.3. The number of anilines is 2. The van der Waals surface area contributed by atoms with E-state index in [9.17, 15) is 14.0 Å². The third-order valence-corrected chi connectivity index (χ3v) is 6.66. The number of nitrogens with one attached hydrogen (secondary N) is 2. The van der Waals surface area contributed by atoms with E-state index >= 15 is 0 Å². The molecule has 5 nitrogen and oxygen atoms in total. The summed E-state index contributed by atoms with van der Waals surface area (Å²) >= 11 is 7.52. The number of hydrogen-bond acceptors (Lipinski definition) is 4. The van der Waals surface area contributed by atoms with Crippen molar-refractivity contribution in [1.82, 2.24) is 0 Å². The fourth-order valence-electron chi connectivity index (χ4n) is 3.12. The fraction of sp³-hybridized carbons (Fsp3) is 0.200. The average molecular weight is 487 g/mol. The van der Waals surface area contributed by atoms with E-state index < -0.39 is 11.7 Å². The Labute approximate surface area is 201 Å². The van der Waals surface area contributed by atoms with Crippen LogP contribution in [0.4, 0.5) is 15.8 Å². The molecule has 2 amide bonds. The molecule has 1 unspecified atom stereocenters. The van der Waals surface area contributed by atoms with E-state index in [1.807, 2.05) is 19.9 Å². The molecule has 3 rings (SSSR count). The number of benzene rings is 3. The molecule has 0 fully saturated rings. The maximum absolute atomic E-state index is 13.9. The molecule has 0 heterocycles. The van der Waals surface area contributed by atoms with Crippen LogP contribution in [-0.2, 0) is 4.79 Å². The molecule has 2 N–H and O–H groups in total. The van der Waals surface area contributed by atoms with Gasteiger partial charge in [0.05, 0.1) is 23.6 Å². The second kappa shape index (κ2) is 11.2. The van der Waals surface area contributed by atoms with Gasteiger partial charge in [-0.2, -0.15) is 0 Å². The second-order valence-corrected chi connectivity index (χ2v) is 8.95. The number of hydrogen-bond donors (Lipinski definition) is 2. The first-order chi connectivity index (χ1) is 15.8. The average Bonchev–Trinajstić information content (AvgIpc) is 2.80. The lowest BCUT2D eigenvalue weighted by molar-refractivity contribution is -0.115. The van der Waals surface area contributed by atoms with E-state index in [1.54, 1.807) is 36.4 Å². The predicted octanol–water partition coefficient (Wildman–Crippen LogP) is 6.56. The van der Waals surface area contributed by atoms with Gasteiger partial charge in [0.2, 0.25) is 5.91 Å². The molecule has 0 aromatic heterocycles. The van der Waals surface area contributed by atoms with Crippen LogP contribution in [0.1, 0.15) is 29.3 Å². The Kier molecular flexibility index (Phi) is 8.36. The Balaban J connectivity index is 1.71. The minimum atomic E-state index is -0.587. The van der Waals surface area contributed by atoms with Crippen molar-refractivity contribution in [1.29, 1.82) is 0 Å². The van der Waals surface area contributed by atoms with E-state index in [0.717, 1.165) is 10.5 Å². The van der Waals surface area contributed by atoms with Crippen molar-refractivity contribution in [2.45, 2.75) is 30.4 Å². The van der Waals surface area contributed by atoms with Crippen LogP contribution in [0.2, 0.25) is 5.02 Å². The number of carbonyl (C=O) groups is 2. The summed E-state index contributed by atoms with van der Waals surface area (Å²) in [5.41, 5.74) is 1.85. The van der Waals surface area contributed by atoms with Crippen LogP contribution >= 0.6 is 23.4 Å². The van der Waals surface area contributed by atoms with Gasteiger partial charge in [0.1, 0.15) is 11.6 Å². The molecule has 0 saturated heterocycles.